The molecule has 1 aliphatic heterocycles. The molecule has 1 aliphatic carbocycles. The molecule has 5 rings (SSSR count). The van der Waals surface area contributed by atoms with Gasteiger partial charge < -0.3 is 20.5 Å². The number of unbranched alkanes of at least 4 members (excludes halogenated alkanes) is 4. The van der Waals surface area contributed by atoms with Crippen molar-refractivity contribution >= 4 is 22.9 Å². The van der Waals surface area contributed by atoms with Gasteiger partial charge >= 0.3 is 0 Å². The Morgan fingerprint density at radius 1 is 0.971 bits per heavy atom. The third-order valence-corrected chi connectivity index (χ3v) is 7.42. The lowest BCUT2D eigenvalue weighted by Crippen LogP contribution is -2.44. The van der Waals surface area contributed by atoms with Crippen LogP contribution in [0.25, 0.3) is 11.2 Å². The maximum atomic E-state index is 4.78. The highest BCUT2D eigenvalue weighted by atomic mass is 15.4. The molecule has 2 aliphatic rings. The van der Waals surface area contributed by atoms with Gasteiger partial charge in [0, 0.05) is 32.7 Å². The molecule has 4 heterocycles. The second-order valence-corrected chi connectivity index (χ2v) is 10.1. The molecule has 2 fully saturated rings. The molecule has 10 nitrogen and oxygen atoms in total. The van der Waals surface area contributed by atoms with Crippen molar-refractivity contribution in [1.29, 1.82) is 0 Å². The standard InChI is InChI=1S/C25H40N10/c1(2-5-9-20-10-6-4-7-11-20)3-8-14-35-18-21(32-33-35)17-27-23-22-24(29-19-28-22)31-25(30-23)34-15-12-26-13-16-34/h18-20,26H,1-17H2,(H2,27,28,29,30,31). The second kappa shape index (κ2) is 12.3. The Hall–Kier alpha value is -2.75. The first-order valence-electron chi connectivity index (χ1n) is 13.6. The summed E-state index contributed by atoms with van der Waals surface area (Å²) < 4.78 is 1.97. The number of rotatable bonds is 12. The van der Waals surface area contributed by atoms with Crippen molar-refractivity contribution < 1.29 is 0 Å². The van der Waals surface area contributed by atoms with Gasteiger partial charge in [0.15, 0.2) is 11.5 Å². The third kappa shape index (κ3) is 6.68. The highest BCUT2D eigenvalue weighted by Crippen LogP contribution is 2.28. The van der Waals surface area contributed by atoms with E-state index in [1.165, 1.54) is 64.2 Å². The monoisotopic (exact) mass is 480 g/mol. The van der Waals surface area contributed by atoms with Crippen molar-refractivity contribution in [2.45, 2.75) is 83.7 Å². The summed E-state index contributed by atoms with van der Waals surface area (Å²) in [6.07, 6.45) is 19.0. The minimum Gasteiger partial charge on any atom is -0.362 e. The largest absolute Gasteiger partial charge is 0.362 e. The number of nitrogens with zero attached hydrogens (tertiary/aromatic N) is 7. The van der Waals surface area contributed by atoms with E-state index in [4.69, 9.17) is 4.98 Å². The van der Waals surface area contributed by atoms with Crippen LogP contribution in [-0.2, 0) is 13.1 Å². The van der Waals surface area contributed by atoms with Gasteiger partial charge in [-0.1, -0.05) is 69.4 Å². The van der Waals surface area contributed by atoms with Gasteiger partial charge in [-0.25, -0.2) is 4.98 Å². The van der Waals surface area contributed by atoms with E-state index < -0.39 is 0 Å². The number of H-pyrrole nitrogens is 1. The molecular formula is C25H40N10. The Bertz CT molecular complexity index is 1030. The fourth-order valence-electron chi connectivity index (χ4n) is 5.37. The van der Waals surface area contributed by atoms with E-state index >= 15 is 0 Å². The highest BCUT2D eigenvalue weighted by Gasteiger charge is 2.17. The summed E-state index contributed by atoms with van der Waals surface area (Å²) in [6.45, 7) is 5.16. The van der Waals surface area contributed by atoms with Gasteiger partial charge in [-0.15, -0.1) is 5.10 Å². The Kier molecular flexibility index (Phi) is 8.41. The average Bonchev–Trinajstić information content (AvgIpc) is 3.57. The molecule has 0 atom stereocenters. The Labute approximate surface area is 207 Å². The third-order valence-electron chi connectivity index (χ3n) is 7.42. The minimum absolute atomic E-state index is 0.563. The Morgan fingerprint density at radius 2 is 1.80 bits per heavy atom. The first-order chi connectivity index (χ1) is 17.3. The SMILES string of the molecule is c1nc2nc(N3CCNCC3)nc(NCc3cn(CCCCCCCC4CCCCC4)nn3)c2[nH]1. The summed E-state index contributed by atoms with van der Waals surface area (Å²) in [5.41, 5.74) is 2.41. The van der Waals surface area contributed by atoms with Gasteiger partial charge in [0.2, 0.25) is 5.95 Å². The first-order valence-corrected chi connectivity index (χ1v) is 13.6. The summed E-state index contributed by atoms with van der Waals surface area (Å²) in [4.78, 5) is 19.1. The molecule has 0 bridgehead atoms. The van der Waals surface area contributed by atoms with Gasteiger partial charge in [0.25, 0.3) is 0 Å². The lowest BCUT2D eigenvalue weighted by Gasteiger charge is -2.27. The number of fused-ring (bicyclic) bond motifs is 1. The van der Waals surface area contributed by atoms with E-state index in [0.717, 1.165) is 68.0 Å². The molecule has 0 aromatic carbocycles. The molecule has 3 aromatic rings. The van der Waals surface area contributed by atoms with E-state index in [-0.39, 0.29) is 0 Å². The van der Waals surface area contributed by atoms with Crippen molar-refractivity contribution in [3.05, 3.63) is 18.2 Å². The molecule has 35 heavy (non-hydrogen) atoms. The van der Waals surface area contributed by atoms with Crippen LogP contribution in [0.3, 0.4) is 0 Å². The summed E-state index contributed by atoms with van der Waals surface area (Å²) in [6, 6.07) is 0. The molecule has 3 aromatic heterocycles. The van der Waals surface area contributed by atoms with Crippen molar-refractivity contribution in [1.82, 2.24) is 40.2 Å². The van der Waals surface area contributed by atoms with E-state index in [2.05, 4.69) is 40.8 Å². The molecule has 1 saturated carbocycles. The van der Waals surface area contributed by atoms with Gasteiger partial charge in [-0.05, 0) is 12.3 Å². The second-order valence-electron chi connectivity index (χ2n) is 10.1. The molecule has 0 spiro atoms. The maximum absolute atomic E-state index is 4.78. The molecule has 0 radical (unpaired) electrons. The Balaban J connectivity index is 1.05. The Morgan fingerprint density at radius 3 is 2.69 bits per heavy atom. The molecule has 0 amide bonds. The van der Waals surface area contributed by atoms with Gasteiger partial charge in [-0.2, -0.15) is 9.97 Å². The van der Waals surface area contributed by atoms with Crippen molar-refractivity contribution in [3.8, 4) is 0 Å². The zero-order chi connectivity index (χ0) is 23.7. The highest BCUT2D eigenvalue weighted by molar-refractivity contribution is 5.83. The quantitative estimate of drug-likeness (QED) is 0.335. The number of nitrogens with one attached hydrogen (secondary N) is 3. The van der Waals surface area contributed by atoms with Crippen LogP contribution in [0.1, 0.15) is 76.3 Å². The first kappa shape index (κ1) is 24.0. The molecule has 0 unspecified atom stereocenters. The van der Waals surface area contributed by atoms with E-state index in [0.29, 0.717) is 12.2 Å². The number of imidazole rings is 1. The van der Waals surface area contributed by atoms with Crippen LogP contribution < -0.4 is 15.5 Å². The smallest absolute Gasteiger partial charge is 0.229 e. The summed E-state index contributed by atoms with van der Waals surface area (Å²) in [5, 5.41) is 15.5. The zero-order valence-electron chi connectivity index (χ0n) is 20.9. The molecule has 190 valence electrons. The minimum atomic E-state index is 0.563. The van der Waals surface area contributed by atoms with Crippen LogP contribution in [0.15, 0.2) is 12.5 Å². The number of hydrogen-bond acceptors (Lipinski definition) is 8. The molecule has 3 N–H and O–H groups in total. The lowest BCUT2D eigenvalue weighted by molar-refractivity contribution is 0.327. The summed E-state index contributed by atoms with van der Waals surface area (Å²) in [5.74, 6) is 2.49. The van der Waals surface area contributed by atoms with Gasteiger partial charge in [0.1, 0.15) is 11.2 Å². The number of aromatic nitrogens is 7. The van der Waals surface area contributed by atoms with E-state index in [9.17, 15) is 0 Å². The molecular weight excluding hydrogens is 440 g/mol. The number of hydrogen-bond donors (Lipinski definition) is 3. The van der Waals surface area contributed by atoms with Crippen molar-refractivity contribution in [2.75, 3.05) is 36.4 Å². The number of aryl methyl sites for hydroxylation is 1. The van der Waals surface area contributed by atoms with Gasteiger partial charge in [-0.3, -0.25) is 4.68 Å². The number of anilines is 2. The van der Waals surface area contributed by atoms with Crippen LogP contribution in [0.2, 0.25) is 0 Å². The topological polar surface area (TPSA) is 112 Å². The van der Waals surface area contributed by atoms with Crippen LogP contribution in [0.4, 0.5) is 11.8 Å². The van der Waals surface area contributed by atoms with Crippen LogP contribution >= 0.6 is 0 Å². The number of aromatic amines is 1. The average molecular weight is 481 g/mol. The van der Waals surface area contributed by atoms with E-state index in [1.54, 1.807) is 6.33 Å². The predicted octanol–water partition coefficient (Wildman–Crippen LogP) is 3.89. The molecule has 1 saturated heterocycles. The fraction of sp³-hybridized carbons (Fsp3) is 0.720. The summed E-state index contributed by atoms with van der Waals surface area (Å²) in [7, 11) is 0. The zero-order valence-corrected chi connectivity index (χ0v) is 20.9. The van der Waals surface area contributed by atoms with Crippen LogP contribution in [0, 0.1) is 5.92 Å². The predicted molar refractivity (Wildman–Crippen MR) is 138 cm³/mol. The maximum Gasteiger partial charge on any atom is 0.229 e. The van der Waals surface area contributed by atoms with Crippen molar-refractivity contribution in [3.63, 3.8) is 0 Å². The molecule has 10 heteroatoms. The summed E-state index contributed by atoms with van der Waals surface area (Å²) >= 11 is 0. The van der Waals surface area contributed by atoms with Crippen LogP contribution in [-0.4, -0.2) is 61.1 Å². The van der Waals surface area contributed by atoms with Crippen LogP contribution in [0.5, 0.6) is 0 Å². The van der Waals surface area contributed by atoms with Gasteiger partial charge in [0.05, 0.1) is 19.1 Å². The fourth-order valence-corrected chi connectivity index (χ4v) is 5.37. The number of piperazine rings is 1. The van der Waals surface area contributed by atoms with E-state index in [1.807, 2.05) is 10.9 Å². The normalized spacial score (nSPS) is 17.3. The van der Waals surface area contributed by atoms with Crippen molar-refractivity contribution in [2.24, 2.45) is 5.92 Å². The lowest BCUT2D eigenvalue weighted by atomic mass is 9.85.